The van der Waals surface area contributed by atoms with Crippen LogP contribution in [0.5, 0.6) is 0 Å². The topological polar surface area (TPSA) is 202 Å². The second kappa shape index (κ2) is 12.9. The average Bonchev–Trinajstić information content (AvgIpc) is 3.03. The lowest BCUT2D eigenvalue weighted by molar-refractivity contribution is -0.122. The van der Waals surface area contributed by atoms with Crippen LogP contribution in [-0.4, -0.2) is 63.0 Å². The number of hydrogen-bond donors (Lipinski definition) is 3. The smallest absolute Gasteiger partial charge is 0.344 e. The minimum absolute atomic E-state index is 0.0830. The number of aromatic amines is 2. The Morgan fingerprint density at radius 1 is 1.40 bits per heavy atom. The highest BCUT2D eigenvalue weighted by atomic mass is 32.2. The molecule has 3 N–H and O–H groups in total. The van der Waals surface area contributed by atoms with Crippen LogP contribution in [0.1, 0.15) is 11.5 Å². The molecule has 0 aliphatic carbocycles. The number of aryl methyl sites for hydroxylation is 1. The number of carbonyl (C=O) groups is 1. The number of carbonyl (C=O) groups excluding carboxylic acids is 1. The van der Waals surface area contributed by atoms with Crippen molar-refractivity contribution >= 4 is 21.5 Å². The van der Waals surface area contributed by atoms with Crippen LogP contribution < -0.4 is 21.5 Å². The zero-order chi connectivity index (χ0) is 23.3. The lowest BCUT2D eigenvalue weighted by atomic mass is 10.5. The van der Waals surface area contributed by atoms with E-state index in [0.29, 0.717) is 12.4 Å². The summed E-state index contributed by atoms with van der Waals surface area (Å²) < 4.78 is 27.6. The van der Waals surface area contributed by atoms with Gasteiger partial charge in [0.05, 0.1) is 0 Å². The van der Waals surface area contributed by atoms with Crippen LogP contribution in [0.2, 0.25) is 0 Å². The molecule has 2 heterocycles. The minimum atomic E-state index is -2.43. The average molecular weight is 446 g/mol. The van der Waals surface area contributed by atoms with Crippen molar-refractivity contribution in [3.05, 3.63) is 48.7 Å². The standard InChI is InChI=1S/C5H4N4O2.C5H11NO3S.C5H7NO3/c1-9-5(11)7-4(10)3(2-6)8-9;1-9-4-5(7)6-10(2,3)8;1-8-3-4-2-5(7)6-9-4/h1H3,(H,7,10,11);2,4H2,1,3H3,(H,6,7,8);2H,3H2,1H3,(H,6,7). The second-order valence-electron chi connectivity index (χ2n) is 5.42. The molecule has 2 aromatic rings. The van der Waals surface area contributed by atoms with Crippen LogP contribution in [-0.2, 0) is 37.6 Å². The Morgan fingerprint density at radius 2 is 2.03 bits per heavy atom. The third-order valence-corrected chi connectivity index (χ3v) is 3.21. The third-order valence-electron chi connectivity index (χ3n) is 2.55. The van der Waals surface area contributed by atoms with Gasteiger partial charge in [0.1, 0.15) is 19.3 Å². The summed E-state index contributed by atoms with van der Waals surface area (Å²) in [5.74, 6) is 3.34. The minimum Gasteiger partial charge on any atom is -0.381 e. The van der Waals surface area contributed by atoms with Gasteiger partial charge in [-0.3, -0.25) is 24.1 Å². The lowest BCUT2D eigenvalue weighted by Crippen LogP contribution is -2.32. The molecule has 0 saturated heterocycles. The Balaban J connectivity index is 0.000000423. The van der Waals surface area contributed by atoms with E-state index in [-0.39, 0.29) is 17.9 Å². The van der Waals surface area contributed by atoms with Crippen LogP contribution in [0.3, 0.4) is 0 Å². The van der Waals surface area contributed by atoms with E-state index in [9.17, 15) is 23.4 Å². The van der Waals surface area contributed by atoms with Gasteiger partial charge in [-0.2, -0.15) is 15.5 Å². The summed E-state index contributed by atoms with van der Waals surface area (Å²) in [6, 6.07) is 2.90. The maximum absolute atomic E-state index is 10.8. The van der Waals surface area contributed by atoms with Crippen molar-refractivity contribution in [3.63, 3.8) is 0 Å². The Labute approximate surface area is 170 Å². The highest BCUT2D eigenvalue weighted by Gasteiger charge is 2.02. The van der Waals surface area contributed by atoms with Gasteiger partial charge in [0.2, 0.25) is 5.69 Å². The molecule has 0 saturated carbocycles. The van der Waals surface area contributed by atoms with Crippen molar-refractivity contribution in [1.29, 1.82) is 5.26 Å². The van der Waals surface area contributed by atoms with Crippen LogP contribution >= 0.6 is 0 Å². The van der Waals surface area contributed by atoms with E-state index in [2.05, 4.69) is 34.8 Å². The van der Waals surface area contributed by atoms with Crippen molar-refractivity contribution in [3.8, 4) is 6.07 Å². The fourth-order valence-electron chi connectivity index (χ4n) is 1.49. The van der Waals surface area contributed by atoms with E-state index in [0.717, 1.165) is 4.68 Å². The molecule has 30 heavy (non-hydrogen) atoms. The number of nitriles is 1. The van der Waals surface area contributed by atoms with Gasteiger partial charge in [0.25, 0.3) is 17.0 Å². The van der Waals surface area contributed by atoms with Crippen molar-refractivity contribution in [2.24, 2.45) is 7.05 Å². The largest absolute Gasteiger partial charge is 0.381 e. The lowest BCUT2D eigenvalue weighted by Gasteiger charge is -2.03. The molecule has 166 valence electrons. The van der Waals surface area contributed by atoms with Crippen LogP contribution in [0.4, 0.5) is 0 Å². The predicted octanol–water partition coefficient (Wildman–Crippen LogP) is -2.54. The van der Waals surface area contributed by atoms with Crippen LogP contribution in [0, 0.1) is 11.3 Å². The van der Waals surface area contributed by atoms with Gasteiger partial charge in [-0.1, -0.05) is 0 Å². The molecule has 0 radical (unpaired) electrons. The summed E-state index contributed by atoms with van der Waals surface area (Å²) in [6.45, 7) is 0.249. The summed E-state index contributed by atoms with van der Waals surface area (Å²) in [5, 5.41) is 13.8. The molecule has 0 aromatic carbocycles. The quantitative estimate of drug-likeness (QED) is 0.411. The molecule has 1 unspecified atom stereocenters. The fourth-order valence-corrected chi connectivity index (χ4v) is 2.03. The highest BCUT2D eigenvalue weighted by molar-refractivity contribution is 7.98. The molecule has 0 spiro atoms. The molecule has 2 aromatic heterocycles. The first-order valence-electron chi connectivity index (χ1n) is 7.79. The monoisotopic (exact) mass is 446 g/mol. The number of ether oxygens (including phenoxy) is 2. The van der Waals surface area contributed by atoms with Crippen molar-refractivity contribution in [1.82, 2.24) is 24.6 Å². The Hall–Kier alpha value is -3.48. The first kappa shape index (κ1) is 26.5. The van der Waals surface area contributed by atoms with Gasteiger partial charge in [-0.05, 0) is 5.87 Å². The number of amides is 1. The Morgan fingerprint density at radius 3 is 2.47 bits per heavy atom. The van der Waals surface area contributed by atoms with E-state index >= 15 is 0 Å². The molecular formula is C15H22N6O8S. The van der Waals surface area contributed by atoms with Crippen molar-refractivity contribution < 1.29 is 23.0 Å². The second-order valence-corrected chi connectivity index (χ2v) is 7.63. The maximum Gasteiger partial charge on any atom is 0.344 e. The zero-order valence-corrected chi connectivity index (χ0v) is 17.5. The van der Waals surface area contributed by atoms with E-state index < -0.39 is 26.9 Å². The number of nitrogens with one attached hydrogen (secondary N) is 3. The molecule has 1 amide bonds. The number of rotatable bonds is 5. The molecule has 2 rings (SSSR count). The van der Waals surface area contributed by atoms with Crippen molar-refractivity contribution in [2.45, 2.75) is 6.61 Å². The number of H-pyrrole nitrogens is 2. The first-order valence-corrected chi connectivity index (χ1v) is 9.92. The predicted molar refractivity (Wildman–Crippen MR) is 106 cm³/mol. The summed E-state index contributed by atoms with van der Waals surface area (Å²) in [5.41, 5.74) is -1.93. The molecule has 0 aliphatic heterocycles. The van der Waals surface area contributed by atoms with Gasteiger partial charge < -0.3 is 14.0 Å². The fraction of sp³-hybridized carbons (Fsp3) is 0.400. The molecule has 15 heteroatoms. The van der Waals surface area contributed by atoms with Crippen molar-refractivity contribution in [2.75, 3.05) is 27.1 Å². The molecule has 1 atom stereocenters. The van der Waals surface area contributed by atoms with E-state index in [1.165, 1.54) is 33.6 Å². The first-order chi connectivity index (χ1) is 13.9. The van der Waals surface area contributed by atoms with Crippen LogP contribution in [0.25, 0.3) is 0 Å². The summed E-state index contributed by atoms with van der Waals surface area (Å²) in [6.07, 6.45) is 1.35. The van der Waals surface area contributed by atoms with E-state index in [1.54, 1.807) is 6.07 Å². The van der Waals surface area contributed by atoms with E-state index in [1.807, 2.05) is 4.98 Å². The van der Waals surface area contributed by atoms with Gasteiger partial charge in [0, 0.05) is 43.3 Å². The Kier molecular flexibility index (Phi) is 11.4. The molecule has 0 fully saturated rings. The number of nitrogens with zero attached hydrogens (tertiary/aromatic N) is 3. The van der Waals surface area contributed by atoms with Crippen LogP contribution in [0.15, 0.2) is 25.0 Å². The summed E-state index contributed by atoms with van der Waals surface area (Å²) in [7, 11) is 1.85. The highest BCUT2D eigenvalue weighted by Crippen LogP contribution is 1.92. The number of hydrogen-bond acceptors (Lipinski definition) is 10. The SMILES string of the molecule is C=S(C)(=O)NC(=O)COC.COCc1cc(=O)[nH]o1.Cn1nc(C#N)c(=O)[nH]c1=O. The number of aromatic nitrogens is 4. The molecule has 0 bridgehead atoms. The molecule has 14 nitrogen and oxygen atoms in total. The van der Waals surface area contributed by atoms with Gasteiger partial charge in [0.15, 0.2) is 5.76 Å². The maximum atomic E-state index is 10.8. The normalized spacial score (nSPS) is 11.6. The molecular weight excluding hydrogens is 424 g/mol. The Bertz CT molecular complexity index is 1140. The summed E-state index contributed by atoms with van der Waals surface area (Å²) in [4.78, 5) is 44.2. The summed E-state index contributed by atoms with van der Waals surface area (Å²) >= 11 is 0. The van der Waals surface area contributed by atoms with Gasteiger partial charge >= 0.3 is 5.69 Å². The number of methoxy groups -OCH3 is 2. The molecule has 0 aliphatic rings. The van der Waals surface area contributed by atoms with Gasteiger partial charge in [-0.15, -0.1) is 0 Å². The van der Waals surface area contributed by atoms with E-state index in [4.69, 9.17) is 5.26 Å². The third kappa shape index (κ3) is 11.4. The van der Waals surface area contributed by atoms with Gasteiger partial charge in [-0.25, -0.2) is 13.7 Å². The zero-order valence-electron chi connectivity index (χ0n) is 16.7.